The summed E-state index contributed by atoms with van der Waals surface area (Å²) in [6, 6.07) is -0.0484. The number of esters is 1. The SMILES string of the molecule is COC(=O)Cc1c(OC(F)(F)F)cc(C(F)(F)F)[nH]c1=O. The van der Waals surface area contributed by atoms with E-state index in [1.54, 1.807) is 0 Å². The maximum Gasteiger partial charge on any atom is 0.573 e. The highest BCUT2D eigenvalue weighted by atomic mass is 19.4. The quantitative estimate of drug-likeness (QED) is 0.683. The van der Waals surface area contributed by atoms with Crippen LogP contribution in [0.15, 0.2) is 10.9 Å². The van der Waals surface area contributed by atoms with Gasteiger partial charge in [-0.15, -0.1) is 13.2 Å². The van der Waals surface area contributed by atoms with Crippen LogP contribution < -0.4 is 10.3 Å². The molecule has 1 aromatic rings. The molecule has 0 amide bonds. The molecule has 0 aliphatic rings. The molecule has 11 heteroatoms. The van der Waals surface area contributed by atoms with E-state index in [4.69, 9.17) is 0 Å². The molecule has 0 radical (unpaired) electrons. The largest absolute Gasteiger partial charge is 0.573 e. The average Bonchev–Trinajstić information content (AvgIpc) is 2.29. The Morgan fingerprint density at radius 2 is 1.81 bits per heavy atom. The van der Waals surface area contributed by atoms with Gasteiger partial charge in [0.05, 0.1) is 19.1 Å². The standard InChI is InChI=1S/C10H7F6NO4/c1-20-7(18)2-4-5(21-10(14,15)16)3-6(9(11,12)13)17-8(4)19/h3H,2H2,1H3,(H,17,19). The van der Waals surface area contributed by atoms with Crippen molar-refractivity contribution in [3.05, 3.63) is 27.7 Å². The average molecular weight is 319 g/mol. The van der Waals surface area contributed by atoms with E-state index in [1.807, 2.05) is 0 Å². The van der Waals surface area contributed by atoms with Gasteiger partial charge in [-0.05, 0) is 0 Å². The Kier molecular flexibility index (Phi) is 4.54. The normalized spacial score (nSPS) is 12.1. The topological polar surface area (TPSA) is 68.4 Å². The number of carbonyl (C=O) groups is 1. The molecule has 0 spiro atoms. The first kappa shape index (κ1) is 16.9. The third-order valence-corrected chi connectivity index (χ3v) is 2.18. The second kappa shape index (κ2) is 5.66. The molecule has 0 aliphatic heterocycles. The second-order valence-electron chi connectivity index (χ2n) is 3.65. The van der Waals surface area contributed by atoms with Crippen molar-refractivity contribution in [3.63, 3.8) is 0 Å². The van der Waals surface area contributed by atoms with Gasteiger partial charge in [0, 0.05) is 6.07 Å². The Bertz CT molecular complexity index is 589. The van der Waals surface area contributed by atoms with Crippen LogP contribution in [0.1, 0.15) is 11.3 Å². The second-order valence-corrected chi connectivity index (χ2v) is 3.65. The number of rotatable bonds is 3. The zero-order valence-electron chi connectivity index (χ0n) is 10.2. The molecule has 0 unspecified atom stereocenters. The number of carbonyl (C=O) groups excluding carboxylic acids is 1. The number of halogens is 6. The molecule has 1 heterocycles. The van der Waals surface area contributed by atoms with Gasteiger partial charge in [-0.1, -0.05) is 0 Å². The first-order valence-electron chi connectivity index (χ1n) is 5.10. The maximum atomic E-state index is 12.4. The van der Waals surface area contributed by atoms with E-state index in [0.717, 1.165) is 7.11 Å². The first-order valence-corrected chi connectivity index (χ1v) is 5.10. The van der Waals surface area contributed by atoms with Crippen molar-refractivity contribution >= 4 is 5.97 Å². The fraction of sp³-hybridized carbons (Fsp3) is 0.400. The third kappa shape index (κ3) is 4.68. The molecule has 21 heavy (non-hydrogen) atoms. The van der Waals surface area contributed by atoms with E-state index in [0.29, 0.717) is 0 Å². The number of aromatic nitrogens is 1. The number of ether oxygens (including phenoxy) is 2. The van der Waals surface area contributed by atoms with Crippen LogP contribution in [0.5, 0.6) is 5.75 Å². The third-order valence-electron chi connectivity index (χ3n) is 2.18. The van der Waals surface area contributed by atoms with Crippen LogP contribution in [0.2, 0.25) is 0 Å². The number of hydrogen-bond acceptors (Lipinski definition) is 4. The predicted molar refractivity (Wildman–Crippen MR) is 54.5 cm³/mol. The van der Waals surface area contributed by atoms with Crippen LogP contribution in [-0.2, 0) is 22.1 Å². The van der Waals surface area contributed by atoms with Crippen LogP contribution in [0, 0.1) is 0 Å². The Morgan fingerprint density at radius 1 is 1.24 bits per heavy atom. The van der Waals surface area contributed by atoms with E-state index in [9.17, 15) is 35.9 Å². The van der Waals surface area contributed by atoms with Crippen molar-refractivity contribution in [2.24, 2.45) is 0 Å². The number of methoxy groups -OCH3 is 1. The zero-order chi connectivity index (χ0) is 16.4. The van der Waals surface area contributed by atoms with Gasteiger partial charge in [-0.3, -0.25) is 9.59 Å². The summed E-state index contributed by atoms with van der Waals surface area (Å²) in [5.41, 5.74) is -4.19. The lowest BCUT2D eigenvalue weighted by atomic mass is 10.1. The molecule has 1 aromatic heterocycles. The van der Waals surface area contributed by atoms with E-state index in [2.05, 4.69) is 9.47 Å². The molecular formula is C10H7F6NO4. The van der Waals surface area contributed by atoms with Gasteiger partial charge in [0.25, 0.3) is 5.56 Å². The van der Waals surface area contributed by atoms with Gasteiger partial charge < -0.3 is 14.5 Å². The molecule has 0 saturated carbocycles. The fourth-order valence-electron chi connectivity index (χ4n) is 1.32. The highest BCUT2D eigenvalue weighted by molar-refractivity contribution is 5.73. The predicted octanol–water partition coefficient (Wildman–Crippen LogP) is 2.01. The van der Waals surface area contributed by atoms with E-state index < -0.39 is 47.5 Å². The number of hydrogen-bond donors (Lipinski definition) is 1. The first-order chi connectivity index (χ1) is 9.44. The van der Waals surface area contributed by atoms with Crippen LogP contribution in [-0.4, -0.2) is 24.4 Å². The Morgan fingerprint density at radius 3 is 2.24 bits per heavy atom. The van der Waals surface area contributed by atoms with Crippen LogP contribution in [0.4, 0.5) is 26.3 Å². The minimum absolute atomic E-state index is 0.0484. The number of aromatic amines is 1. The monoisotopic (exact) mass is 319 g/mol. The van der Waals surface area contributed by atoms with Gasteiger partial charge in [0.2, 0.25) is 0 Å². The van der Waals surface area contributed by atoms with Crippen LogP contribution >= 0.6 is 0 Å². The highest BCUT2D eigenvalue weighted by Gasteiger charge is 2.37. The van der Waals surface area contributed by atoms with Gasteiger partial charge in [-0.2, -0.15) is 13.2 Å². The summed E-state index contributed by atoms with van der Waals surface area (Å²) in [5.74, 6) is -2.53. The number of pyridine rings is 1. The van der Waals surface area contributed by atoms with Crippen molar-refractivity contribution in [1.29, 1.82) is 0 Å². The smallest absolute Gasteiger partial charge is 0.469 e. The van der Waals surface area contributed by atoms with Crippen LogP contribution in [0.3, 0.4) is 0 Å². The summed E-state index contributed by atoms with van der Waals surface area (Å²) in [6.07, 6.45) is -11.4. The Balaban J connectivity index is 3.41. The molecule has 5 nitrogen and oxygen atoms in total. The minimum Gasteiger partial charge on any atom is -0.469 e. The molecule has 0 bridgehead atoms. The molecule has 0 saturated heterocycles. The summed E-state index contributed by atoms with van der Waals surface area (Å²) >= 11 is 0. The fourth-order valence-corrected chi connectivity index (χ4v) is 1.32. The zero-order valence-corrected chi connectivity index (χ0v) is 10.2. The van der Waals surface area contributed by atoms with Gasteiger partial charge in [0.1, 0.15) is 11.4 Å². The van der Waals surface area contributed by atoms with Gasteiger partial charge in [-0.25, -0.2) is 0 Å². The molecule has 1 rings (SSSR count). The number of alkyl halides is 6. The Labute approximate surface area is 112 Å². The number of nitrogens with one attached hydrogen (secondary N) is 1. The molecule has 0 fully saturated rings. The molecule has 0 aromatic carbocycles. The van der Waals surface area contributed by atoms with Crippen molar-refractivity contribution in [2.45, 2.75) is 19.0 Å². The van der Waals surface area contributed by atoms with Crippen molar-refractivity contribution in [3.8, 4) is 5.75 Å². The minimum atomic E-state index is -5.33. The Hall–Kier alpha value is -2.20. The summed E-state index contributed by atoms with van der Waals surface area (Å²) in [4.78, 5) is 23.8. The lowest BCUT2D eigenvalue weighted by molar-refractivity contribution is -0.275. The summed E-state index contributed by atoms with van der Waals surface area (Å²) in [6.45, 7) is 0. The number of H-pyrrole nitrogens is 1. The lowest BCUT2D eigenvalue weighted by Crippen LogP contribution is -2.26. The highest BCUT2D eigenvalue weighted by Crippen LogP contribution is 2.32. The molecule has 118 valence electrons. The van der Waals surface area contributed by atoms with E-state index >= 15 is 0 Å². The summed E-state index contributed by atoms with van der Waals surface area (Å²) in [7, 11) is 0.894. The summed E-state index contributed by atoms with van der Waals surface area (Å²) < 4.78 is 81.3. The van der Waals surface area contributed by atoms with Crippen molar-refractivity contribution in [1.82, 2.24) is 4.98 Å². The van der Waals surface area contributed by atoms with E-state index in [-0.39, 0.29) is 6.07 Å². The van der Waals surface area contributed by atoms with E-state index in [1.165, 1.54) is 4.98 Å². The van der Waals surface area contributed by atoms with Crippen LogP contribution in [0.25, 0.3) is 0 Å². The molecular weight excluding hydrogens is 312 g/mol. The molecule has 0 aliphatic carbocycles. The lowest BCUT2D eigenvalue weighted by Gasteiger charge is -2.14. The molecule has 1 N–H and O–H groups in total. The van der Waals surface area contributed by atoms with Crippen molar-refractivity contribution in [2.75, 3.05) is 7.11 Å². The van der Waals surface area contributed by atoms with Crippen molar-refractivity contribution < 1.29 is 40.6 Å². The summed E-state index contributed by atoms with van der Waals surface area (Å²) in [5, 5.41) is 0. The van der Waals surface area contributed by atoms with Gasteiger partial charge in [0.15, 0.2) is 0 Å². The molecule has 0 atom stereocenters. The van der Waals surface area contributed by atoms with Gasteiger partial charge >= 0.3 is 18.5 Å². The maximum absolute atomic E-state index is 12.4.